The number of nitrogens with two attached hydrogens (primary N) is 4. The number of unbranched alkanes of at least 4 members (excludes halogenated alkanes) is 46. The maximum atomic E-state index is 12.2. The minimum atomic E-state index is -0.490. The molecule has 0 aliphatic heterocycles. The topological polar surface area (TPSA) is 341 Å². The third-order valence-corrected chi connectivity index (χ3v) is 23.9. The second-order valence-electron chi connectivity index (χ2n) is 34.8. The van der Waals surface area contributed by atoms with Gasteiger partial charge in [-0.2, -0.15) is 9.46 Å². The zero-order valence-electron chi connectivity index (χ0n) is 80.4. The van der Waals surface area contributed by atoms with E-state index >= 15 is 0 Å². The fourth-order valence-corrected chi connectivity index (χ4v) is 16.2. The molecule has 11 N–H and O–H groups in total. The summed E-state index contributed by atoms with van der Waals surface area (Å²) in [4.78, 5) is 99.4. The molecule has 4 heterocycles. The predicted molar refractivity (Wildman–Crippen MR) is 537 cm³/mol. The number of hydrogen-bond donors (Lipinski definition) is 7. The van der Waals surface area contributed by atoms with E-state index in [2.05, 4.69) is 60.5 Å². The number of benzene rings is 2. The van der Waals surface area contributed by atoms with Crippen LogP contribution in [0.1, 0.15) is 406 Å². The number of ether oxygens (including phenoxy) is 2. The molecule has 0 spiro atoms. The molecule has 23 nitrogen and oxygen atoms in total. The molecule has 0 unspecified atom stereocenters. The van der Waals surface area contributed by atoms with E-state index in [4.69, 9.17) is 52.1 Å². The van der Waals surface area contributed by atoms with Gasteiger partial charge in [-0.1, -0.05) is 354 Å². The van der Waals surface area contributed by atoms with Gasteiger partial charge in [0.15, 0.2) is 23.1 Å². The number of aryl methyl sites for hydroxylation is 2. The summed E-state index contributed by atoms with van der Waals surface area (Å²) in [6, 6.07) is 15.9. The first-order valence-corrected chi connectivity index (χ1v) is 50.9. The van der Waals surface area contributed by atoms with Crippen molar-refractivity contribution in [1.29, 1.82) is 0 Å². The molecule has 9 rings (SSSR count). The number of aromatic nitrogens is 6. The highest BCUT2D eigenvalue weighted by Gasteiger charge is 2.25. The van der Waals surface area contributed by atoms with Crippen molar-refractivity contribution < 1.29 is 19.1 Å². The number of rotatable bonds is 71. The lowest BCUT2D eigenvalue weighted by Gasteiger charge is -2.15. The molecule has 0 saturated heterocycles. The number of para-hydroxylation sites is 2. The van der Waals surface area contributed by atoms with Crippen LogP contribution in [0.4, 0.5) is 28.7 Å². The van der Waals surface area contributed by atoms with E-state index in [-0.39, 0.29) is 11.5 Å². The zero-order chi connectivity index (χ0) is 91.7. The van der Waals surface area contributed by atoms with Crippen LogP contribution in [0.2, 0.25) is 0 Å². The number of fused-ring (bicyclic) bond motifs is 6. The average Bonchev–Trinajstić information content (AvgIpc) is 1.61. The van der Waals surface area contributed by atoms with Gasteiger partial charge in [-0.05, 0) is 104 Å². The highest BCUT2D eigenvalue weighted by atomic mass is 16.7. The van der Waals surface area contributed by atoms with Crippen LogP contribution >= 0.6 is 0 Å². The van der Waals surface area contributed by atoms with Gasteiger partial charge in [0, 0.05) is 48.8 Å². The van der Waals surface area contributed by atoms with Gasteiger partial charge in [0.1, 0.15) is 64.0 Å². The summed E-state index contributed by atoms with van der Waals surface area (Å²) in [7, 11) is 0. The molecule has 23 heteroatoms. The number of anilines is 5. The number of nitrogen functional groups attached to an aromatic ring is 2. The van der Waals surface area contributed by atoms with Gasteiger partial charge in [-0.15, -0.1) is 0 Å². The Morgan fingerprint density at radius 3 is 0.913 bits per heavy atom. The molecule has 9 aromatic rings. The molecular formula is C104H171N13O10. The van der Waals surface area contributed by atoms with Gasteiger partial charge in [0.2, 0.25) is 5.43 Å². The normalized spacial score (nSPS) is 11.3. The van der Waals surface area contributed by atoms with Crippen LogP contribution in [0, 0.1) is 6.92 Å². The van der Waals surface area contributed by atoms with Crippen molar-refractivity contribution in [3.63, 3.8) is 0 Å². The molecule has 0 amide bonds. The van der Waals surface area contributed by atoms with Gasteiger partial charge in [0.05, 0.1) is 24.2 Å². The van der Waals surface area contributed by atoms with E-state index in [1.54, 1.807) is 13.8 Å². The fourth-order valence-electron chi connectivity index (χ4n) is 16.2. The maximum Gasteiger partial charge on any atom is 0.272 e. The zero-order valence-corrected chi connectivity index (χ0v) is 80.4. The molecule has 127 heavy (non-hydrogen) atoms. The summed E-state index contributed by atoms with van der Waals surface area (Å²) in [6.45, 7) is 21.9. The van der Waals surface area contributed by atoms with Crippen LogP contribution in [0.15, 0.2) is 77.3 Å². The Morgan fingerprint density at radius 1 is 0.307 bits per heavy atom. The van der Waals surface area contributed by atoms with E-state index in [0.29, 0.717) is 79.3 Å². The molecule has 0 aliphatic carbocycles. The lowest BCUT2D eigenvalue weighted by molar-refractivity contribution is 0.109. The molecule has 4 aromatic heterocycles. The first-order chi connectivity index (χ1) is 62.1. The van der Waals surface area contributed by atoms with Crippen LogP contribution < -0.4 is 90.6 Å². The Bertz CT molecular complexity index is 4570. The van der Waals surface area contributed by atoms with Crippen LogP contribution in [0.5, 0.6) is 11.5 Å². The van der Waals surface area contributed by atoms with Crippen molar-refractivity contribution >= 4 is 72.6 Å². The average molecular weight is 1760 g/mol. The van der Waals surface area contributed by atoms with Crippen molar-refractivity contribution in [1.82, 2.24) is 29.4 Å². The number of pyridine rings is 2. The number of nitrogens with one attached hydrogen (secondary N) is 3. The monoisotopic (exact) mass is 1760 g/mol. The Hall–Kier alpha value is -8.44. The van der Waals surface area contributed by atoms with Crippen LogP contribution in [0.3, 0.4) is 0 Å². The second-order valence-corrected chi connectivity index (χ2v) is 34.8. The highest BCUT2D eigenvalue weighted by molar-refractivity contribution is 6.07. The Morgan fingerprint density at radius 2 is 0.583 bits per heavy atom. The lowest BCUT2D eigenvalue weighted by Crippen LogP contribution is -2.37. The molecule has 0 radical (unpaired) electrons. The quantitative estimate of drug-likeness (QED) is 0.0137. The highest BCUT2D eigenvalue weighted by Crippen LogP contribution is 2.32. The molecule has 5 aromatic carbocycles. The van der Waals surface area contributed by atoms with E-state index in [1.807, 2.05) is 64.9 Å². The summed E-state index contributed by atoms with van der Waals surface area (Å²) < 4.78 is 13.8. The van der Waals surface area contributed by atoms with E-state index in [1.165, 1.54) is 270 Å². The van der Waals surface area contributed by atoms with Gasteiger partial charge >= 0.3 is 0 Å². The van der Waals surface area contributed by atoms with Crippen molar-refractivity contribution in [2.75, 3.05) is 86.6 Å². The number of imidazole rings is 2. The predicted octanol–water partition coefficient (Wildman–Crippen LogP) is 23.2. The van der Waals surface area contributed by atoms with Gasteiger partial charge in [-0.25, -0.2) is 19.9 Å². The van der Waals surface area contributed by atoms with E-state index < -0.39 is 32.6 Å². The first kappa shape index (κ1) is 109. The smallest absolute Gasteiger partial charge is 0.272 e. The van der Waals surface area contributed by atoms with Crippen LogP contribution in [0.25, 0.3) is 43.9 Å². The van der Waals surface area contributed by atoms with Crippen molar-refractivity contribution in [2.45, 2.75) is 409 Å². The summed E-state index contributed by atoms with van der Waals surface area (Å²) in [5.41, 5.74) is 27.4. The van der Waals surface area contributed by atoms with E-state index in [9.17, 15) is 28.8 Å². The third kappa shape index (κ3) is 40.2. The molecule has 0 fully saturated rings. The molecule has 0 bridgehead atoms. The Labute approximate surface area is 762 Å². The molecule has 0 saturated carbocycles. The second kappa shape index (κ2) is 68.6. The molecule has 0 atom stereocenters. The van der Waals surface area contributed by atoms with Crippen molar-refractivity contribution in [3.05, 3.63) is 127 Å². The minimum absolute atomic E-state index is 0.225. The maximum absolute atomic E-state index is 12.2. The van der Waals surface area contributed by atoms with E-state index in [0.717, 1.165) is 153 Å². The summed E-state index contributed by atoms with van der Waals surface area (Å²) in [5, 5.41) is 11.5. The third-order valence-electron chi connectivity index (χ3n) is 23.9. The SMILES string of the molecule is CCCCCCCCCCCCCCCCCN.CCCCCCCCCCCCCCCCCNc1c(NCCCCOn2c(CCCC)nc3c(N)nc4ccccc4c32)c(=O)c1=O.CCCCCCCCCCCCCCCCCNc1c(OCC)c(=O)c1=O.CCCCc1nc2c(N)nc3ccccc3c2n1OCCCCN.CCOc1c(C)c(=O)c1=O. The van der Waals surface area contributed by atoms with Gasteiger partial charge in [-0.3, -0.25) is 28.8 Å². The van der Waals surface area contributed by atoms with Crippen LogP contribution in [-0.2, 0) is 12.8 Å². The largest absolute Gasteiger partial charge is 0.489 e. The Balaban J connectivity index is 0.000000308. The minimum Gasteiger partial charge on any atom is -0.489 e. The molecular weight excluding hydrogens is 1590 g/mol. The number of hydrogen-bond acceptors (Lipinski definition) is 21. The van der Waals surface area contributed by atoms with Gasteiger partial charge in [0.25, 0.3) is 27.1 Å². The number of nitrogens with zero attached hydrogens (tertiary/aromatic N) is 6. The lowest BCUT2D eigenvalue weighted by atomic mass is 10.0. The van der Waals surface area contributed by atoms with Crippen LogP contribution in [-0.4, -0.2) is 88.5 Å². The van der Waals surface area contributed by atoms with Gasteiger partial charge < -0.3 is 58.0 Å². The first-order valence-electron chi connectivity index (χ1n) is 50.9. The molecule has 0 aliphatic rings. The summed E-state index contributed by atoms with van der Waals surface area (Å²) in [6.07, 6.45) is 70.6. The van der Waals surface area contributed by atoms with Crippen molar-refractivity contribution in [3.8, 4) is 11.5 Å². The summed E-state index contributed by atoms with van der Waals surface area (Å²) >= 11 is 0. The fraction of sp³-hybridized carbons (Fsp3) is 0.692. The Kier molecular flexibility index (Phi) is 58.9. The molecule has 712 valence electrons. The summed E-state index contributed by atoms with van der Waals surface area (Å²) in [5.74, 6) is 3.08. The standard InChI is InChI=1S/C39H60N6O3.C23H41NO3.C18H25N5O.C17H37N.C7H8O3/c1-3-5-7-8-9-10-11-12-13-14-15-16-17-18-21-27-41-33-34(38(47)37(33)46)42-28-22-23-29-48-45-32(26-6-4-2)44-35-36(45)30-24-19-20-25-31(30)43-39(35)40;1-3-5-6-7-8-9-10-11-12-13-14-15-16-17-18-19-24-20-21(25)22(26)23(20)27-4-2;1-2-3-10-15-22-16-17(23(15)24-12-7-6-11-19)13-8-4-5-9-14(13)21-18(16)20;1-2-3-4-5-6-7-8-9-10-11-12-13-14-15-16-17-18;1-3-10-7-4(2)5(8)6(7)9/h19-20,24-25,41-42H,3-18,21-23,26-29H2,1-2H3,(H2,40,43);24H,3-19H2,1-2H3;4-5,8-9H,2-3,6-7,10-12,19H2,1H3,(H2,20,21);2-18H2,1H3;3H2,1-2H3. The van der Waals surface area contributed by atoms with Crippen molar-refractivity contribution in [2.24, 2.45) is 11.5 Å².